The summed E-state index contributed by atoms with van der Waals surface area (Å²) in [7, 11) is -3.49. The maximum absolute atomic E-state index is 12.0. The first-order chi connectivity index (χ1) is 8.62. The van der Waals surface area contributed by atoms with Crippen LogP contribution in [0.4, 0.5) is 0 Å². The highest BCUT2D eigenvalue weighted by Crippen LogP contribution is 2.21. The Labute approximate surface area is 110 Å². The van der Waals surface area contributed by atoms with Crippen LogP contribution in [0.15, 0.2) is 46.7 Å². The van der Waals surface area contributed by atoms with Crippen molar-refractivity contribution in [3.8, 4) is 0 Å². The number of hydrogen-bond acceptors (Lipinski definition) is 4. The molecule has 18 heavy (non-hydrogen) atoms. The molecule has 0 saturated heterocycles. The Morgan fingerprint density at radius 1 is 1.11 bits per heavy atom. The fourth-order valence-corrected chi connectivity index (χ4v) is 3.71. The third-order valence-electron chi connectivity index (χ3n) is 2.37. The lowest BCUT2D eigenvalue weighted by atomic mass is 10.2. The van der Waals surface area contributed by atoms with E-state index in [4.69, 9.17) is 5.11 Å². The van der Waals surface area contributed by atoms with Crippen molar-refractivity contribution in [3.63, 3.8) is 0 Å². The summed E-state index contributed by atoms with van der Waals surface area (Å²) in [5, 5.41) is 8.92. The Hall–Kier alpha value is -1.21. The third kappa shape index (κ3) is 3.17. The smallest absolute Gasteiger partial charge is 0.250 e. The van der Waals surface area contributed by atoms with E-state index in [0.717, 1.165) is 16.9 Å². The third-order valence-corrected chi connectivity index (χ3v) is 5.33. The molecule has 0 amide bonds. The number of benzene rings is 1. The summed E-state index contributed by atoms with van der Waals surface area (Å²) in [5.41, 5.74) is 0.903. The molecule has 1 aromatic heterocycles. The van der Waals surface area contributed by atoms with Crippen LogP contribution in [0.3, 0.4) is 0 Å². The summed E-state index contributed by atoms with van der Waals surface area (Å²) in [6.07, 6.45) is 0. The van der Waals surface area contributed by atoms with Crippen molar-refractivity contribution in [2.75, 3.05) is 0 Å². The summed E-state index contributed by atoms with van der Waals surface area (Å²) in [6, 6.07) is 12.4. The van der Waals surface area contributed by atoms with Gasteiger partial charge in [-0.05, 0) is 17.7 Å². The molecule has 0 bridgehead atoms. The molecular weight excluding hydrogens is 270 g/mol. The lowest BCUT2D eigenvalue weighted by Gasteiger charge is -2.04. The zero-order chi connectivity index (χ0) is 13.0. The summed E-state index contributed by atoms with van der Waals surface area (Å²) < 4.78 is 26.7. The van der Waals surface area contributed by atoms with Gasteiger partial charge in [0.25, 0.3) is 0 Å². The maximum Gasteiger partial charge on any atom is 0.250 e. The van der Waals surface area contributed by atoms with Crippen LogP contribution in [-0.2, 0) is 23.2 Å². The molecule has 0 saturated carbocycles. The van der Waals surface area contributed by atoms with Gasteiger partial charge in [0.1, 0.15) is 4.21 Å². The molecule has 0 atom stereocenters. The van der Waals surface area contributed by atoms with Gasteiger partial charge in [0, 0.05) is 11.4 Å². The Bertz CT molecular complexity index is 605. The van der Waals surface area contributed by atoms with Gasteiger partial charge in [0.05, 0.1) is 6.61 Å². The second-order valence-electron chi connectivity index (χ2n) is 3.69. The van der Waals surface area contributed by atoms with Crippen molar-refractivity contribution in [2.45, 2.75) is 17.4 Å². The minimum Gasteiger partial charge on any atom is -0.391 e. The van der Waals surface area contributed by atoms with E-state index in [1.165, 1.54) is 6.07 Å². The van der Waals surface area contributed by atoms with Crippen LogP contribution >= 0.6 is 11.3 Å². The average molecular weight is 283 g/mol. The molecule has 1 heterocycles. The van der Waals surface area contributed by atoms with Gasteiger partial charge < -0.3 is 5.11 Å². The van der Waals surface area contributed by atoms with Gasteiger partial charge in [-0.3, -0.25) is 0 Å². The van der Waals surface area contributed by atoms with Crippen LogP contribution in [0, 0.1) is 0 Å². The monoisotopic (exact) mass is 283 g/mol. The molecule has 4 nitrogen and oxygen atoms in total. The highest BCUT2D eigenvalue weighted by atomic mass is 32.2. The van der Waals surface area contributed by atoms with E-state index in [2.05, 4.69) is 4.72 Å². The fraction of sp³-hybridized carbons (Fsp3) is 0.167. The predicted octanol–water partition coefficient (Wildman–Crippen LogP) is 1.72. The molecule has 0 aliphatic carbocycles. The van der Waals surface area contributed by atoms with Crippen LogP contribution in [0.5, 0.6) is 0 Å². The van der Waals surface area contributed by atoms with E-state index in [1.807, 2.05) is 30.3 Å². The van der Waals surface area contributed by atoms with Gasteiger partial charge in [-0.2, -0.15) is 0 Å². The summed E-state index contributed by atoms with van der Waals surface area (Å²) in [6.45, 7) is 0.119. The second-order valence-corrected chi connectivity index (χ2v) is 6.85. The topological polar surface area (TPSA) is 66.4 Å². The lowest BCUT2D eigenvalue weighted by Crippen LogP contribution is -2.22. The number of sulfonamides is 1. The molecule has 0 aliphatic heterocycles. The summed E-state index contributed by atoms with van der Waals surface area (Å²) in [5.74, 6) is 0. The first-order valence-corrected chi connectivity index (χ1v) is 7.65. The molecular formula is C12H13NO3S2. The van der Waals surface area contributed by atoms with Crippen molar-refractivity contribution < 1.29 is 13.5 Å². The van der Waals surface area contributed by atoms with Crippen molar-refractivity contribution in [1.82, 2.24) is 4.72 Å². The molecule has 2 rings (SSSR count). The van der Waals surface area contributed by atoms with E-state index in [-0.39, 0.29) is 17.4 Å². The SMILES string of the molecule is O=S(=O)(NCc1ccccc1)c1ccc(CO)s1. The van der Waals surface area contributed by atoms with Crippen LogP contribution in [0.25, 0.3) is 0 Å². The van der Waals surface area contributed by atoms with Gasteiger partial charge in [0.2, 0.25) is 10.0 Å². The van der Waals surface area contributed by atoms with Gasteiger partial charge in [-0.1, -0.05) is 30.3 Å². The molecule has 2 N–H and O–H groups in total. The van der Waals surface area contributed by atoms with E-state index in [9.17, 15) is 8.42 Å². The molecule has 6 heteroatoms. The highest BCUT2D eigenvalue weighted by Gasteiger charge is 2.16. The fourth-order valence-electron chi connectivity index (χ4n) is 1.43. The van der Waals surface area contributed by atoms with Gasteiger partial charge in [-0.25, -0.2) is 13.1 Å². The van der Waals surface area contributed by atoms with Crippen LogP contribution in [-0.4, -0.2) is 13.5 Å². The normalized spacial score (nSPS) is 11.6. The van der Waals surface area contributed by atoms with E-state index in [1.54, 1.807) is 6.07 Å². The predicted molar refractivity (Wildman–Crippen MR) is 70.7 cm³/mol. The highest BCUT2D eigenvalue weighted by molar-refractivity contribution is 7.91. The summed E-state index contributed by atoms with van der Waals surface area (Å²) >= 11 is 1.07. The molecule has 2 aromatic rings. The van der Waals surface area contributed by atoms with Crippen LogP contribution < -0.4 is 4.72 Å². The first kappa shape index (κ1) is 13.2. The van der Waals surface area contributed by atoms with Gasteiger partial charge in [-0.15, -0.1) is 11.3 Å². The minimum atomic E-state index is -3.49. The average Bonchev–Trinajstić information content (AvgIpc) is 2.87. The summed E-state index contributed by atoms with van der Waals surface area (Å²) in [4.78, 5) is 0.634. The van der Waals surface area contributed by atoms with E-state index >= 15 is 0 Å². The quantitative estimate of drug-likeness (QED) is 0.878. The molecule has 0 spiro atoms. The largest absolute Gasteiger partial charge is 0.391 e. The molecule has 1 aromatic carbocycles. The number of nitrogens with one attached hydrogen (secondary N) is 1. The number of aliphatic hydroxyl groups excluding tert-OH is 1. The Balaban J connectivity index is 2.08. The number of aliphatic hydroxyl groups is 1. The lowest BCUT2D eigenvalue weighted by molar-refractivity contribution is 0.285. The first-order valence-electron chi connectivity index (χ1n) is 5.35. The minimum absolute atomic E-state index is 0.140. The van der Waals surface area contributed by atoms with E-state index < -0.39 is 10.0 Å². The zero-order valence-electron chi connectivity index (χ0n) is 9.54. The molecule has 0 fully saturated rings. The Kier molecular flexibility index (Phi) is 4.13. The van der Waals surface area contributed by atoms with E-state index in [0.29, 0.717) is 4.88 Å². The van der Waals surface area contributed by atoms with Crippen molar-refractivity contribution in [1.29, 1.82) is 0 Å². The Morgan fingerprint density at radius 2 is 1.83 bits per heavy atom. The Morgan fingerprint density at radius 3 is 2.44 bits per heavy atom. The number of thiophene rings is 1. The molecule has 0 radical (unpaired) electrons. The molecule has 0 unspecified atom stereocenters. The maximum atomic E-state index is 12.0. The zero-order valence-corrected chi connectivity index (χ0v) is 11.2. The van der Waals surface area contributed by atoms with Crippen molar-refractivity contribution in [2.24, 2.45) is 0 Å². The van der Waals surface area contributed by atoms with Gasteiger partial charge in [0.15, 0.2) is 0 Å². The van der Waals surface area contributed by atoms with Crippen LogP contribution in [0.2, 0.25) is 0 Å². The van der Waals surface area contributed by atoms with Crippen molar-refractivity contribution in [3.05, 3.63) is 52.9 Å². The second kappa shape index (κ2) is 5.62. The van der Waals surface area contributed by atoms with Crippen molar-refractivity contribution >= 4 is 21.4 Å². The number of rotatable bonds is 5. The van der Waals surface area contributed by atoms with Crippen LogP contribution in [0.1, 0.15) is 10.4 Å². The molecule has 0 aliphatic rings. The standard InChI is InChI=1S/C12H13NO3S2/c14-9-11-6-7-12(17-11)18(15,16)13-8-10-4-2-1-3-5-10/h1-7,13-14H,8-9H2. The number of hydrogen-bond donors (Lipinski definition) is 2. The molecule has 96 valence electrons. The van der Waals surface area contributed by atoms with Gasteiger partial charge >= 0.3 is 0 Å².